The Balaban J connectivity index is 4.20. The van der Waals surface area contributed by atoms with Crippen LogP contribution in [0.4, 0.5) is 0 Å². The van der Waals surface area contributed by atoms with E-state index >= 15 is 0 Å². The fourth-order valence-electron chi connectivity index (χ4n) is 0.452. The molecule has 0 fully saturated rings. The third-order valence-electron chi connectivity index (χ3n) is 0.950. The van der Waals surface area contributed by atoms with E-state index in [2.05, 4.69) is 9.47 Å². The average Bonchev–Trinajstić information content (AvgIpc) is 1.98. The Kier molecular flexibility index (Phi) is 3.87. The molecule has 61 valence electrons. The first kappa shape index (κ1) is 9.61. The van der Waals surface area contributed by atoms with Crippen molar-refractivity contribution in [3.05, 3.63) is 0 Å². The van der Waals surface area contributed by atoms with Crippen LogP contribution in [0.25, 0.3) is 0 Å². The number of ether oxygens (including phenoxy) is 2. The molecule has 0 bridgehead atoms. The third kappa shape index (κ3) is 2.79. The van der Waals surface area contributed by atoms with Gasteiger partial charge in [0, 0.05) is 0 Å². The molecule has 0 N–H and O–H groups in total. The van der Waals surface area contributed by atoms with Gasteiger partial charge in [-0.05, 0) is 6.92 Å². The van der Waals surface area contributed by atoms with Gasteiger partial charge >= 0.3 is 12.4 Å². The standard InChI is InChI=1S/C6H7O5/c1-4(8)5(11-3-7)6(9)10-2/h5H,1-2H3. The Morgan fingerprint density at radius 3 is 2.27 bits per heavy atom. The Hall–Kier alpha value is -1.39. The number of ketones is 1. The number of esters is 1. The number of carbonyl (C=O) groups excluding carboxylic acids is 3. The van der Waals surface area contributed by atoms with E-state index in [0.717, 1.165) is 20.5 Å². The summed E-state index contributed by atoms with van der Waals surface area (Å²) >= 11 is 0. The van der Waals surface area contributed by atoms with Gasteiger partial charge in [-0.3, -0.25) is 4.79 Å². The van der Waals surface area contributed by atoms with E-state index in [1.807, 2.05) is 0 Å². The van der Waals surface area contributed by atoms with Crippen LogP contribution in [-0.4, -0.2) is 31.4 Å². The summed E-state index contributed by atoms with van der Waals surface area (Å²) in [7, 11) is 1.09. The van der Waals surface area contributed by atoms with Crippen molar-refractivity contribution in [2.24, 2.45) is 0 Å². The normalized spacial score (nSPS) is 11.5. The van der Waals surface area contributed by atoms with Gasteiger partial charge in [-0.15, -0.1) is 0 Å². The molecule has 0 aromatic carbocycles. The molecule has 0 aliphatic carbocycles. The largest absolute Gasteiger partial charge is 0.466 e. The molecule has 0 rings (SSSR count). The van der Waals surface area contributed by atoms with Gasteiger partial charge in [-0.2, -0.15) is 0 Å². The zero-order valence-electron chi connectivity index (χ0n) is 6.12. The zero-order chi connectivity index (χ0) is 8.85. The summed E-state index contributed by atoms with van der Waals surface area (Å²) in [6.45, 7) is 2.10. The molecule has 5 heteroatoms. The summed E-state index contributed by atoms with van der Waals surface area (Å²) in [5.41, 5.74) is 0. The Bertz CT molecular complexity index is 174. The molecule has 0 aromatic heterocycles. The highest BCUT2D eigenvalue weighted by atomic mass is 16.6. The molecule has 1 radical (unpaired) electrons. The highest BCUT2D eigenvalue weighted by Gasteiger charge is 2.25. The van der Waals surface area contributed by atoms with Crippen LogP contribution >= 0.6 is 0 Å². The number of hydrogen-bond acceptors (Lipinski definition) is 5. The van der Waals surface area contributed by atoms with Crippen molar-refractivity contribution in [1.82, 2.24) is 0 Å². The van der Waals surface area contributed by atoms with Crippen molar-refractivity contribution in [3.8, 4) is 0 Å². The topological polar surface area (TPSA) is 69.7 Å². The number of carbonyl (C=O) groups is 2. The lowest BCUT2D eigenvalue weighted by molar-refractivity contribution is -0.153. The van der Waals surface area contributed by atoms with Crippen molar-refractivity contribution in [2.45, 2.75) is 13.0 Å². The van der Waals surface area contributed by atoms with Crippen LogP contribution in [0.5, 0.6) is 0 Å². The molecule has 0 heterocycles. The molecule has 0 aliphatic rings. The molecule has 1 unspecified atom stereocenters. The second kappa shape index (κ2) is 4.43. The van der Waals surface area contributed by atoms with E-state index in [4.69, 9.17) is 0 Å². The van der Waals surface area contributed by atoms with Crippen molar-refractivity contribution >= 4 is 18.2 Å². The molecule has 0 saturated carbocycles. The van der Waals surface area contributed by atoms with Gasteiger partial charge in [0.1, 0.15) is 0 Å². The van der Waals surface area contributed by atoms with Crippen LogP contribution in [-0.2, 0) is 23.9 Å². The quantitative estimate of drug-likeness (QED) is 0.396. The van der Waals surface area contributed by atoms with E-state index in [0.29, 0.717) is 0 Å². The fraction of sp³-hybridized carbons (Fsp3) is 0.500. The van der Waals surface area contributed by atoms with Crippen molar-refractivity contribution in [1.29, 1.82) is 0 Å². The second-order valence-electron chi connectivity index (χ2n) is 1.72. The molecule has 1 atom stereocenters. The Morgan fingerprint density at radius 1 is 1.45 bits per heavy atom. The predicted molar refractivity (Wildman–Crippen MR) is 33.3 cm³/mol. The summed E-state index contributed by atoms with van der Waals surface area (Å²) in [6, 6.07) is 0. The van der Waals surface area contributed by atoms with E-state index in [1.165, 1.54) is 0 Å². The maximum atomic E-state index is 10.6. The Labute approximate surface area is 63.3 Å². The Morgan fingerprint density at radius 2 is 2.00 bits per heavy atom. The summed E-state index contributed by atoms with van der Waals surface area (Å²) < 4.78 is 8.19. The second-order valence-corrected chi connectivity index (χ2v) is 1.72. The SMILES string of the molecule is COC(=O)C(O[C]=O)C(C)=O. The van der Waals surface area contributed by atoms with Gasteiger partial charge in [0.2, 0.25) is 0 Å². The van der Waals surface area contributed by atoms with E-state index in [9.17, 15) is 14.4 Å². The number of hydrogen-bond donors (Lipinski definition) is 0. The molecule has 11 heavy (non-hydrogen) atoms. The van der Waals surface area contributed by atoms with Crippen LogP contribution in [0.1, 0.15) is 6.92 Å². The highest BCUT2D eigenvalue weighted by molar-refractivity contribution is 6.01. The van der Waals surface area contributed by atoms with E-state index in [-0.39, 0.29) is 0 Å². The number of methoxy groups -OCH3 is 1. The van der Waals surface area contributed by atoms with Crippen LogP contribution in [0, 0.1) is 0 Å². The van der Waals surface area contributed by atoms with Crippen LogP contribution in [0.3, 0.4) is 0 Å². The third-order valence-corrected chi connectivity index (χ3v) is 0.950. The molecule has 0 aromatic rings. The maximum Gasteiger partial charge on any atom is 0.418 e. The van der Waals surface area contributed by atoms with Gasteiger partial charge < -0.3 is 9.47 Å². The van der Waals surface area contributed by atoms with Crippen molar-refractivity contribution in [3.63, 3.8) is 0 Å². The fourth-order valence-corrected chi connectivity index (χ4v) is 0.452. The average molecular weight is 159 g/mol. The van der Waals surface area contributed by atoms with Crippen molar-refractivity contribution < 1.29 is 23.9 Å². The van der Waals surface area contributed by atoms with Crippen LogP contribution < -0.4 is 0 Å². The molecule has 5 nitrogen and oxygen atoms in total. The number of rotatable bonds is 4. The first-order valence-electron chi connectivity index (χ1n) is 2.74. The number of Topliss-reactive ketones (excluding diaryl/α,β-unsaturated/α-hetero) is 1. The predicted octanol–water partition coefficient (Wildman–Crippen LogP) is -0.799. The highest BCUT2D eigenvalue weighted by Crippen LogP contribution is 1.94. The lowest BCUT2D eigenvalue weighted by atomic mass is 10.2. The van der Waals surface area contributed by atoms with E-state index in [1.54, 1.807) is 0 Å². The molecular formula is C6H7O5. The molecular weight excluding hydrogens is 152 g/mol. The minimum atomic E-state index is -1.47. The minimum Gasteiger partial charge on any atom is -0.466 e. The molecule has 0 amide bonds. The first-order chi connectivity index (χ1) is 5.13. The van der Waals surface area contributed by atoms with Crippen molar-refractivity contribution in [2.75, 3.05) is 7.11 Å². The van der Waals surface area contributed by atoms with Gasteiger partial charge in [0.25, 0.3) is 6.10 Å². The minimum absolute atomic E-state index is 0.597. The summed E-state index contributed by atoms with van der Waals surface area (Å²) in [5, 5.41) is 0. The maximum absolute atomic E-state index is 10.6. The molecule has 0 saturated heterocycles. The van der Waals surface area contributed by atoms with Gasteiger partial charge in [0.05, 0.1) is 7.11 Å². The first-order valence-corrected chi connectivity index (χ1v) is 2.74. The summed E-state index contributed by atoms with van der Waals surface area (Å²) in [6.07, 6.45) is -1.47. The summed E-state index contributed by atoms with van der Waals surface area (Å²) in [5.74, 6) is -1.50. The van der Waals surface area contributed by atoms with Crippen LogP contribution in [0.2, 0.25) is 0 Å². The lowest BCUT2D eigenvalue weighted by Crippen LogP contribution is -2.31. The smallest absolute Gasteiger partial charge is 0.418 e. The molecule has 0 aliphatic heterocycles. The lowest BCUT2D eigenvalue weighted by Gasteiger charge is -2.06. The summed E-state index contributed by atoms with van der Waals surface area (Å²) in [4.78, 5) is 30.8. The van der Waals surface area contributed by atoms with Gasteiger partial charge in [-0.1, -0.05) is 0 Å². The monoisotopic (exact) mass is 159 g/mol. The van der Waals surface area contributed by atoms with Gasteiger partial charge in [-0.25, -0.2) is 9.59 Å². The van der Waals surface area contributed by atoms with E-state index < -0.39 is 17.9 Å². The zero-order valence-corrected chi connectivity index (χ0v) is 6.12. The van der Waals surface area contributed by atoms with Gasteiger partial charge in [0.15, 0.2) is 5.78 Å². The van der Waals surface area contributed by atoms with Crippen LogP contribution in [0.15, 0.2) is 0 Å². The molecule has 0 spiro atoms.